The first-order chi connectivity index (χ1) is 48.1. The summed E-state index contributed by atoms with van der Waals surface area (Å²) < 4.78 is 13.5. The number of fused-ring (bicyclic) bond motifs is 24. The van der Waals surface area contributed by atoms with E-state index in [2.05, 4.69) is 298 Å². The van der Waals surface area contributed by atoms with Crippen molar-refractivity contribution in [1.82, 2.24) is 29.1 Å². The van der Waals surface area contributed by atoms with E-state index in [0.717, 1.165) is 76.7 Å². The Morgan fingerprint density at radius 1 is 0.316 bits per heavy atom. The van der Waals surface area contributed by atoms with Gasteiger partial charge in [0.25, 0.3) is 0 Å². The van der Waals surface area contributed by atoms with Crippen LogP contribution in [0.2, 0.25) is 0 Å². The molecular formula is C90H58N6OS. The SMILES string of the molecule is CC1(C)c2ccccc2-c2cc(-c3nc(-n4c5cc6ccccc6cc5c5ccc6ccccc6c54)nc4c3oc3ccccc34)ccc21.CC1(C)c2ccccc2-c2cc(-c3nc(-n4c5cc6ccccc6cc5c5ccc6ccccc6c54)nc4c3sc3ccccc34)ccc21. The summed E-state index contributed by atoms with van der Waals surface area (Å²) in [4.78, 5) is 21.9. The van der Waals surface area contributed by atoms with Gasteiger partial charge in [0, 0.05) is 69.7 Å². The summed E-state index contributed by atoms with van der Waals surface area (Å²) in [6.45, 7) is 9.29. The fourth-order valence-corrected chi connectivity index (χ4v) is 18.0. The molecule has 0 unspecified atom stereocenters. The van der Waals surface area contributed by atoms with Crippen LogP contribution in [0.3, 0.4) is 0 Å². The Hall–Kier alpha value is -12.1. The first-order valence-electron chi connectivity index (χ1n) is 33.7. The maximum absolute atomic E-state index is 6.61. The lowest BCUT2D eigenvalue weighted by Crippen LogP contribution is -2.14. The van der Waals surface area contributed by atoms with Crippen LogP contribution >= 0.6 is 11.3 Å². The van der Waals surface area contributed by atoms with Crippen molar-refractivity contribution in [3.63, 3.8) is 0 Å². The molecular weight excluding hydrogens is 1210 g/mol. The van der Waals surface area contributed by atoms with Crippen LogP contribution in [0.15, 0.2) is 283 Å². The standard InChI is InChI=1S/C45H29N3O.C45H29N3S/c2*1-45(2)36-17-9-7-15-31(36)34-24-29(20-22-37(34)45)40-43-41(33-16-8-10-18-39(33)49-43)47-44(46-40)48-38-25-28-13-4-3-12-27(28)23-35(38)32-21-19-26-11-5-6-14-30(26)42(32)48/h2*3-25H,1-2H3. The van der Waals surface area contributed by atoms with E-state index >= 15 is 0 Å². The molecule has 20 aromatic rings. The minimum atomic E-state index is -0.0806. The highest BCUT2D eigenvalue weighted by molar-refractivity contribution is 7.26. The van der Waals surface area contributed by atoms with Crippen molar-refractivity contribution in [2.45, 2.75) is 38.5 Å². The number of para-hydroxylation sites is 1. The molecule has 0 atom stereocenters. The normalized spacial score (nSPS) is 13.7. The van der Waals surface area contributed by atoms with Crippen LogP contribution in [0.5, 0.6) is 0 Å². The Morgan fingerprint density at radius 2 is 0.745 bits per heavy atom. The molecule has 0 amide bonds. The van der Waals surface area contributed by atoms with Crippen molar-refractivity contribution in [2.24, 2.45) is 0 Å². The topological polar surface area (TPSA) is 74.6 Å². The van der Waals surface area contributed by atoms with Gasteiger partial charge in [0.1, 0.15) is 16.8 Å². The number of nitrogens with zero attached hydrogens (tertiary/aromatic N) is 6. The third-order valence-electron chi connectivity index (χ3n) is 21.6. The van der Waals surface area contributed by atoms with Gasteiger partial charge < -0.3 is 4.42 Å². The summed E-state index contributed by atoms with van der Waals surface area (Å²) in [5, 5.41) is 16.5. The zero-order chi connectivity index (χ0) is 64.9. The lowest BCUT2D eigenvalue weighted by atomic mass is 9.82. The number of furan rings is 1. The Bertz CT molecular complexity index is 6480. The maximum Gasteiger partial charge on any atom is 0.236 e. The van der Waals surface area contributed by atoms with Gasteiger partial charge >= 0.3 is 0 Å². The van der Waals surface area contributed by atoms with E-state index in [-0.39, 0.29) is 10.8 Å². The zero-order valence-electron chi connectivity index (χ0n) is 54.1. The van der Waals surface area contributed by atoms with Gasteiger partial charge in [-0.15, -0.1) is 11.3 Å². The van der Waals surface area contributed by atoms with Crippen molar-refractivity contribution in [3.05, 3.63) is 301 Å². The first kappa shape index (κ1) is 55.2. The van der Waals surface area contributed by atoms with Crippen LogP contribution in [0.1, 0.15) is 49.9 Å². The molecule has 460 valence electrons. The molecule has 6 heterocycles. The van der Waals surface area contributed by atoms with Crippen molar-refractivity contribution in [2.75, 3.05) is 0 Å². The molecule has 0 bridgehead atoms. The third-order valence-corrected chi connectivity index (χ3v) is 22.7. The molecule has 98 heavy (non-hydrogen) atoms. The van der Waals surface area contributed by atoms with Crippen molar-refractivity contribution < 1.29 is 4.42 Å². The van der Waals surface area contributed by atoms with Gasteiger partial charge in [0.2, 0.25) is 11.9 Å². The van der Waals surface area contributed by atoms with Crippen LogP contribution in [0, 0.1) is 0 Å². The van der Waals surface area contributed by atoms with Crippen molar-refractivity contribution >= 4 is 140 Å². The van der Waals surface area contributed by atoms with E-state index in [4.69, 9.17) is 24.4 Å². The number of hydrogen-bond donors (Lipinski definition) is 0. The zero-order valence-corrected chi connectivity index (χ0v) is 54.9. The quantitative estimate of drug-likeness (QED) is 0.176. The lowest BCUT2D eigenvalue weighted by molar-refractivity contribution is 0.660. The summed E-state index contributed by atoms with van der Waals surface area (Å²) in [6.07, 6.45) is 0. The monoisotopic (exact) mass is 1270 g/mol. The molecule has 0 saturated carbocycles. The molecule has 2 aliphatic rings. The largest absolute Gasteiger partial charge is 0.452 e. The molecule has 2 aliphatic carbocycles. The van der Waals surface area contributed by atoms with Crippen LogP contribution in [-0.4, -0.2) is 29.1 Å². The predicted molar refractivity (Wildman–Crippen MR) is 409 cm³/mol. The summed E-state index contributed by atoms with van der Waals surface area (Å²) >= 11 is 1.79. The lowest BCUT2D eigenvalue weighted by Gasteiger charge is -2.21. The first-order valence-corrected chi connectivity index (χ1v) is 34.5. The van der Waals surface area contributed by atoms with Gasteiger partial charge in [0.15, 0.2) is 5.58 Å². The highest BCUT2D eigenvalue weighted by Gasteiger charge is 2.37. The Balaban J connectivity index is 0.000000129. The van der Waals surface area contributed by atoms with Gasteiger partial charge in [-0.2, -0.15) is 0 Å². The molecule has 0 saturated heterocycles. The molecule has 0 aliphatic heterocycles. The molecule has 14 aromatic carbocycles. The van der Waals surface area contributed by atoms with Crippen molar-refractivity contribution in [1.29, 1.82) is 0 Å². The predicted octanol–water partition coefficient (Wildman–Crippen LogP) is 24.0. The average Bonchev–Trinajstić information content (AvgIpc) is 1.56. The van der Waals surface area contributed by atoms with Gasteiger partial charge in [0.05, 0.1) is 38.0 Å². The van der Waals surface area contributed by atoms with E-state index in [9.17, 15) is 0 Å². The Labute approximate surface area is 566 Å². The highest BCUT2D eigenvalue weighted by Crippen LogP contribution is 2.53. The van der Waals surface area contributed by atoms with Gasteiger partial charge in [-0.05, 0) is 131 Å². The van der Waals surface area contributed by atoms with Gasteiger partial charge in [-0.25, -0.2) is 19.9 Å². The third kappa shape index (κ3) is 7.80. The van der Waals surface area contributed by atoms with Crippen LogP contribution in [0.4, 0.5) is 0 Å². The van der Waals surface area contributed by atoms with E-state index in [0.29, 0.717) is 17.5 Å². The molecule has 0 N–H and O–H groups in total. The summed E-state index contributed by atoms with van der Waals surface area (Å²) in [7, 11) is 0. The average molecular weight is 1270 g/mol. The van der Waals surface area contributed by atoms with E-state index in [1.165, 1.54) is 114 Å². The molecule has 0 radical (unpaired) electrons. The second kappa shape index (κ2) is 20.2. The summed E-state index contributed by atoms with van der Waals surface area (Å²) in [5.74, 6) is 1.32. The van der Waals surface area contributed by atoms with Crippen LogP contribution in [0.25, 0.3) is 186 Å². The highest BCUT2D eigenvalue weighted by atomic mass is 32.1. The number of benzene rings is 14. The maximum atomic E-state index is 6.61. The number of thiophene rings is 1. The second-order valence-electron chi connectivity index (χ2n) is 27.6. The van der Waals surface area contributed by atoms with Crippen LogP contribution < -0.4 is 0 Å². The number of rotatable bonds is 4. The molecule has 6 aromatic heterocycles. The van der Waals surface area contributed by atoms with E-state index < -0.39 is 0 Å². The van der Waals surface area contributed by atoms with Crippen molar-refractivity contribution in [3.8, 4) is 56.7 Å². The number of aromatic nitrogens is 6. The van der Waals surface area contributed by atoms with E-state index in [1.54, 1.807) is 11.3 Å². The smallest absolute Gasteiger partial charge is 0.236 e. The molecule has 0 spiro atoms. The summed E-state index contributed by atoms with van der Waals surface area (Å²) in [6, 6.07) is 101. The summed E-state index contributed by atoms with van der Waals surface area (Å²) in [5.41, 5.74) is 22.0. The van der Waals surface area contributed by atoms with Crippen LogP contribution in [-0.2, 0) is 10.8 Å². The minimum Gasteiger partial charge on any atom is -0.452 e. The molecule has 7 nitrogen and oxygen atoms in total. The fraction of sp³-hybridized carbons (Fsp3) is 0.0667. The molecule has 22 rings (SSSR count). The second-order valence-corrected chi connectivity index (χ2v) is 28.7. The number of hydrogen-bond acceptors (Lipinski definition) is 6. The fourth-order valence-electron chi connectivity index (χ4n) is 16.8. The molecule has 8 heteroatoms. The molecule has 0 fully saturated rings. The van der Waals surface area contributed by atoms with Gasteiger partial charge in [-0.1, -0.05) is 252 Å². The Kier molecular flexibility index (Phi) is 11.4. The Morgan fingerprint density at radius 3 is 1.31 bits per heavy atom. The minimum absolute atomic E-state index is 0.0545. The van der Waals surface area contributed by atoms with E-state index in [1.807, 2.05) is 18.2 Å². The van der Waals surface area contributed by atoms with Gasteiger partial charge in [-0.3, -0.25) is 9.13 Å².